The second-order valence-corrected chi connectivity index (χ2v) is 6.99. The van der Waals surface area contributed by atoms with Gasteiger partial charge in [-0.2, -0.15) is 5.10 Å². The summed E-state index contributed by atoms with van der Waals surface area (Å²) < 4.78 is 5.35. The van der Waals surface area contributed by atoms with E-state index in [4.69, 9.17) is 27.9 Å². The lowest BCUT2D eigenvalue weighted by Gasteiger charge is -2.07. The first kappa shape index (κ1) is 20.6. The lowest BCUT2D eigenvalue weighted by atomic mass is 10.1. The first-order valence-corrected chi connectivity index (χ1v) is 9.35. The molecule has 3 rings (SSSR count). The van der Waals surface area contributed by atoms with Crippen LogP contribution in [-0.2, 0) is 0 Å². The molecule has 0 saturated carbocycles. The van der Waals surface area contributed by atoms with E-state index in [1.807, 2.05) is 19.1 Å². The molecule has 0 spiro atoms. The molecule has 7 heteroatoms. The van der Waals surface area contributed by atoms with Crippen LogP contribution in [0.4, 0.5) is 0 Å². The maximum absolute atomic E-state index is 12.3. The molecule has 0 saturated heterocycles. The van der Waals surface area contributed by atoms with Crippen molar-refractivity contribution >= 4 is 41.3 Å². The van der Waals surface area contributed by atoms with Gasteiger partial charge in [-0.1, -0.05) is 53.0 Å². The molecule has 0 unspecified atom stereocenters. The van der Waals surface area contributed by atoms with Gasteiger partial charge in [0, 0.05) is 10.6 Å². The summed E-state index contributed by atoms with van der Waals surface area (Å²) in [5, 5.41) is 4.58. The normalized spacial score (nSPS) is 10.7. The molecule has 0 aliphatic rings. The van der Waals surface area contributed by atoms with E-state index >= 15 is 0 Å². The molecular weight excluding hydrogens is 411 g/mol. The topological polar surface area (TPSA) is 67.8 Å². The molecule has 0 atom stereocenters. The molecule has 0 bridgehead atoms. The maximum Gasteiger partial charge on any atom is 0.345 e. The van der Waals surface area contributed by atoms with E-state index < -0.39 is 5.97 Å². The summed E-state index contributed by atoms with van der Waals surface area (Å²) in [7, 11) is 0. The zero-order valence-corrected chi connectivity index (χ0v) is 16.9. The molecule has 0 heterocycles. The summed E-state index contributed by atoms with van der Waals surface area (Å²) in [5.74, 6) is -0.607. The molecule has 3 aromatic carbocycles. The number of esters is 1. The largest absolute Gasteiger partial charge is 0.423 e. The van der Waals surface area contributed by atoms with Gasteiger partial charge in [-0.15, -0.1) is 0 Å². The SMILES string of the molecule is Cc1ccc(C(=O)N/N=C\c2cccc(OC(=O)c3ccc(Cl)cc3Cl)c2)cc1. The zero-order valence-electron chi connectivity index (χ0n) is 15.4. The van der Waals surface area contributed by atoms with Gasteiger partial charge in [0.05, 0.1) is 16.8 Å². The summed E-state index contributed by atoms with van der Waals surface area (Å²) in [6.45, 7) is 1.94. The number of hydrogen-bond donors (Lipinski definition) is 1. The number of carbonyl (C=O) groups excluding carboxylic acids is 2. The van der Waals surface area contributed by atoms with Crippen molar-refractivity contribution in [1.29, 1.82) is 0 Å². The molecular formula is C22H16Cl2N2O3. The number of hydrogen-bond acceptors (Lipinski definition) is 4. The minimum absolute atomic E-state index is 0.207. The van der Waals surface area contributed by atoms with Crippen molar-refractivity contribution in [3.05, 3.63) is 99.0 Å². The van der Waals surface area contributed by atoms with Crippen molar-refractivity contribution in [2.75, 3.05) is 0 Å². The highest BCUT2D eigenvalue weighted by Gasteiger charge is 2.13. The summed E-state index contributed by atoms with van der Waals surface area (Å²) in [6, 6.07) is 18.4. The summed E-state index contributed by atoms with van der Waals surface area (Å²) in [4.78, 5) is 24.4. The number of nitrogens with zero attached hydrogens (tertiary/aromatic N) is 1. The highest BCUT2D eigenvalue weighted by atomic mass is 35.5. The Morgan fingerprint density at radius 3 is 2.48 bits per heavy atom. The minimum atomic E-state index is -0.603. The van der Waals surface area contributed by atoms with Gasteiger partial charge >= 0.3 is 5.97 Å². The van der Waals surface area contributed by atoms with Crippen LogP contribution in [0.2, 0.25) is 10.0 Å². The molecule has 29 heavy (non-hydrogen) atoms. The van der Waals surface area contributed by atoms with Crippen LogP contribution in [0.5, 0.6) is 5.75 Å². The van der Waals surface area contributed by atoms with Crippen LogP contribution >= 0.6 is 23.2 Å². The Hall–Kier alpha value is -3.15. The Morgan fingerprint density at radius 2 is 1.76 bits per heavy atom. The highest BCUT2D eigenvalue weighted by molar-refractivity contribution is 6.36. The lowest BCUT2D eigenvalue weighted by Crippen LogP contribution is -2.17. The Bertz CT molecular complexity index is 1080. The van der Waals surface area contributed by atoms with Crippen molar-refractivity contribution in [3.8, 4) is 5.75 Å². The van der Waals surface area contributed by atoms with Gasteiger partial charge in [-0.25, -0.2) is 10.2 Å². The average Bonchev–Trinajstić information content (AvgIpc) is 2.68. The molecule has 5 nitrogen and oxygen atoms in total. The van der Waals surface area contributed by atoms with Crippen LogP contribution < -0.4 is 10.2 Å². The molecule has 146 valence electrons. The third-order valence-corrected chi connectivity index (χ3v) is 4.46. The lowest BCUT2D eigenvalue weighted by molar-refractivity contribution is 0.0734. The number of nitrogens with one attached hydrogen (secondary N) is 1. The van der Waals surface area contributed by atoms with Gasteiger partial charge < -0.3 is 4.74 Å². The predicted molar refractivity (Wildman–Crippen MR) is 114 cm³/mol. The third kappa shape index (κ3) is 5.67. The van der Waals surface area contributed by atoms with Gasteiger partial charge in [-0.3, -0.25) is 4.79 Å². The van der Waals surface area contributed by atoms with Crippen molar-refractivity contribution in [2.45, 2.75) is 6.92 Å². The molecule has 0 radical (unpaired) electrons. The standard InChI is InChI=1S/C22H16Cl2N2O3/c1-14-5-7-16(8-6-14)21(27)26-25-13-15-3-2-4-18(11-15)29-22(28)19-10-9-17(23)12-20(19)24/h2-13H,1H3,(H,26,27)/b25-13-. The molecule has 0 aromatic heterocycles. The van der Waals surface area contributed by atoms with E-state index in [2.05, 4.69) is 10.5 Å². The number of carbonyl (C=O) groups is 2. The van der Waals surface area contributed by atoms with Crippen LogP contribution in [0.25, 0.3) is 0 Å². The maximum atomic E-state index is 12.3. The van der Waals surface area contributed by atoms with E-state index in [-0.39, 0.29) is 16.5 Å². The second kappa shape index (κ2) is 9.37. The van der Waals surface area contributed by atoms with Crippen LogP contribution in [-0.4, -0.2) is 18.1 Å². The molecule has 0 aliphatic carbocycles. The number of halogens is 2. The summed E-state index contributed by atoms with van der Waals surface area (Å²) in [6.07, 6.45) is 1.46. The van der Waals surface area contributed by atoms with Crippen molar-refractivity contribution in [2.24, 2.45) is 5.10 Å². The predicted octanol–water partition coefficient (Wildman–Crippen LogP) is 5.28. The first-order valence-electron chi connectivity index (χ1n) is 8.60. The van der Waals surface area contributed by atoms with Crippen LogP contribution in [0.15, 0.2) is 71.8 Å². The monoisotopic (exact) mass is 426 g/mol. The van der Waals surface area contributed by atoms with Gasteiger partial charge in [0.2, 0.25) is 0 Å². The van der Waals surface area contributed by atoms with E-state index in [9.17, 15) is 9.59 Å². The Kier molecular flexibility index (Phi) is 6.65. The molecule has 0 fully saturated rings. The number of hydrazone groups is 1. The third-order valence-electron chi connectivity index (χ3n) is 3.91. The number of ether oxygens (including phenoxy) is 1. The summed E-state index contributed by atoms with van der Waals surface area (Å²) >= 11 is 11.9. The van der Waals surface area contributed by atoms with Crippen molar-refractivity contribution in [1.82, 2.24) is 5.43 Å². The molecule has 1 amide bonds. The Balaban J connectivity index is 1.64. The quantitative estimate of drug-likeness (QED) is 0.261. The smallest absolute Gasteiger partial charge is 0.345 e. The zero-order chi connectivity index (χ0) is 20.8. The van der Waals surface area contributed by atoms with Gasteiger partial charge in [0.25, 0.3) is 5.91 Å². The van der Waals surface area contributed by atoms with Gasteiger partial charge in [-0.05, 0) is 55.0 Å². The van der Waals surface area contributed by atoms with Gasteiger partial charge in [0.1, 0.15) is 5.75 Å². The van der Waals surface area contributed by atoms with E-state index in [0.717, 1.165) is 5.56 Å². The van der Waals surface area contributed by atoms with E-state index in [1.54, 1.807) is 42.5 Å². The summed E-state index contributed by atoms with van der Waals surface area (Å²) in [5.41, 5.74) is 4.88. The minimum Gasteiger partial charge on any atom is -0.423 e. The number of amides is 1. The molecule has 1 N–H and O–H groups in total. The van der Waals surface area contributed by atoms with Crippen LogP contribution in [0.1, 0.15) is 31.8 Å². The van der Waals surface area contributed by atoms with E-state index in [0.29, 0.717) is 21.9 Å². The van der Waals surface area contributed by atoms with Crippen molar-refractivity contribution in [3.63, 3.8) is 0 Å². The number of rotatable bonds is 5. The molecule has 3 aromatic rings. The first-order chi connectivity index (χ1) is 13.9. The van der Waals surface area contributed by atoms with Crippen molar-refractivity contribution < 1.29 is 14.3 Å². The molecule has 0 aliphatic heterocycles. The Labute approximate surface area is 177 Å². The van der Waals surface area contributed by atoms with E-state index in [1.165, 1.54) is 18.3 Å². The highest BCUT2D eigenvalue weighted by Crippen LogP contribution is 2.23. The fraction of sp³-hybridized carbons (Fsp3) is 0.0455. The van der Waals surface area contributed by atoms with Crippen LogP contribution in [0.3, 0.4) is 0 Å². The van der Waals surface area contributed by atoms with Crippen LogP contribution in [0, 0.1) is 6.92 Å². The number of aryl methyl sites for hydroxylation is 1. The van der Waals surface area contributed by atoms with Gasteiger partial charge in [0.15, 0.2) is 0 Å². The Morgan fingerprint density at radius 1 is 1.00 bits per heavy atom. The fourth-order valence-corrected chi connectivity index (χ4v) is 2.90. The fourth-order valence-electron chi connectivity index (χ4n) is 2.41. The number of benzene rings is 3. The average molecular weight is 427 g/mol. The second-order valence-electron chi connectivity index (χ2n) is 6.15.